The van der Waals surface area contributed by atoms with E-state index in [4.69, 9.17) is 16.7 Å². The van der Waals surface area contributed by atoms with Gasteiger partial charge in [0.15, 0.2) is 0 Å². The Morgan fingerprint density at radius 1 is 1.11 bits per heavy atom. The Morgan fingerprint density at radius 2 is 1.83 bits per heavy atom. The van der Waals surface area contributed by atoms with E-state index in [2.05, 4.69) is 21.2 Å². The van der Waals surface area contributed by atoms with Crippen LogP contribution in [0.4, 0.5) is 5.69 Å². The fourth-order valence-corrected chi connectivity index (χ4v) is 2.41. The number of nitrogens with one attached hydrogen (secondary N) is 1. The molecule has 2 aromatic carbocycles. The highest BCUT2D eigenvalue weighted by Gasteiger charge is 2.01. The van der Waals surface area contributed by atoms with Crippen molar-refractivity contribution in [2.24, 2.45) is 0 Å². The Bertz CT molecular complexity index is 528. The lowest BCUT2D eigenvalue weighted by Gasteiger charge is -2.09. The minimum Gasteiger partial charge on any atom is -0.392 e. The standard InChI is InChI=1S/C14H13BrClNO/c15-14-7-12(16)4-3-11(14)8-17-13-5-1-10(9-18)2-6-13/h1-7,17-18H,8-9H2. The zero-order valence-corrected chi connectivity index (χ0v) is 12.0. The number of hydrogen-bond donors (Lipinski definition) is 2. The smallest absolute Gasteiger partial charge is 0.0681 e. The van der Waals surface area contributed by atoms with Gasteiger partial charge in [0.2, 0.25) is 0 Å². The molecule has 2 rings (SSSR count). The van der Waals surface area contributed by atoms with Crippen LogP contribution in [0.3, 0.4) is 0 Å². The molecule has 0 aliphatic rings. The van der Waals surface area contributed by atoms with E-state index in [0.29, 0.717) is 0 Å². The molecule has 0 aliphatic carbocycles. The average Bonchev–Trinajstić information content (AvgIpc) is 2.38. The Morgan fingerprint density at radius 3 is 2.44 bits per heavy atom. The summed E-state index contributed by atoms with van der Waals surface area (Å²) in [5.41, 5.74) is 3.08. The molecular formula is C14H13BrClNO. The summed E-state index contributed by atoms with van der Waals surface area (Å²) in [5, 5.41) is 13.0. The van der Waals surface area contributed by atoms with E-state index < -0.39 is 0 Å². The van der Waals surface area contributed by atoms with Crippen LogP contribution in [0.1, 0.15) is 11.1 Å². The number of aliphatic hydroxyl groups excluding tert-OH is 1. The SMILES string of the molecule is OCc1ccc(NCc2ccc(Cl)cc2Br)cc1. The van der Waals surface area contributed by atoms with Gasteiger partial charge in [-0.05, 0) is 35.4 Å². The minimum absolute atomic E-state index is 0.0724. The number of anilines is 1. The normalized spacial score (nSPS) is 10.4. The van der Waals surface area contributed by atoms with Gasteiger partial charge in [-0.1, -0.05) is 45.7 Å². The minimum atomic E-state index is 0.0724. The van der Waals surface area contributed by atoms with Crippen molar-refractivity contribution >= 4 is 33.2 Å². The molecule has 0 saturated carbocycles. The molecule has 0 radical (unpaired) electrons. The maximum absolute atomic E-state index is 8.96. The molecule has 0 bridgehead atoms. The Kier molecular flexibility index (Phi) is 4.64. The first-order valence-corrected chi connectivity index (χ1v) is 6.74. The van der Waals surface area contributed by atoms with Crippen molar-refractivity contribution < 1.29 is 5.11 Å². The van der Waals surface area contributed by atoms with E-state index in [1.54, 1.807) is 0 Å². The topological polar surface area (TPSA) is 32.3 Å². The number of halogens is 2. The molecule has 0 saturated heterocycles. The van der Waals surface area contributed by atoms with E-state index in [9.17, 15) is 0 Å². The van der Waals surface area contributed by atoms with Crippen LogP contribution < -0.4 is 5.32 Å². The lowest BCUT2D eigenvalue weighted by molar-refractivity contribution is 0.282. The molecule has 0 atom stereocenters. The highest BCUT2D eigenvalue weighted by Crippen LogP contribution is 2.22. The molecular weight excluding hydrogens is 314 g/mol. The summed E-state index contributed by atoms with van der Waals surface area (Å²) in [6, 6.07) is 13.5. The Hall–Kier alpha value is -1.03. The zero-order chi connectivity index (χ0) is 13.0. The van der Waals surface area contributed by atoms with Gasteiger partial charge >= 0.3 is 0 Å². The van der Waals surface area contributed by atoms with Crippen molar-refractivity contribution in [3.63, 3.8) is 0 Å². The predicted molar refractivity (Wildman–Crippen MR) is 78.8 cm³/mol. The largest absolute Gasteiger partial charge is 0.392 e. The van der Waals surface area contributed by atoms with Crippen molar-refractivity contribution in [1.82, 2.24) is 0 Å². The summed E-state index contributed by atoms with van der Waals surface area (Å²) >= 11 is 9.38. The summed E-state index contributed by atoms with van der Waals surface area (Å²) in [5.74, 6) is 0. The summed E-state index contributed by atoms with van der Waals surface area (Å²) < 4.78 is 0.995. The molecule has 0 spiro atoms. The molecule has 0 heterocycles. The van der Waals surface area contributed by atoms with Gasteiger partial charge in [0.1, 0.15) is 0 Å². The van der Waals surface area contributed by atoms with E-state index in [1.807, 2.05) is 42.5 Å². The van der Waals surface area contributed by atoms with Crippen molar-refractivity contribution in [3.8, 4) is 0 Å². The molecule has 0 fully saturated rings. The van der Waals surface area contributed by atoms with E-state index in [-0.39, 0.29) is 6.61 Å². The van der Waals surface area contributed by atoms with Gasteiger partial charge in [-0.3, -0.25) is 0 Å². The van der Waals surface area contributed by atoms with Crippen molar-refractivity contribution in [2.45, 2.75) is 13.2 Å². The van der Waals surface area contributed by atoms with Gasteiger partial charge in [0.25, 0.3) is 0 Å². The fourth-order valence-electron chi connectivity index (χ4n) is 1.59. The maximum atomic E-state index is 8.96. The second kappa shape index (κ2) is 6.23. The van der Waals surface area contributed by atoms with Crippen LogP contribution in [0.25, 0.3) is 0 Å². The second-order valence-corrected chi connectivity index (χ2v) is 5.24. The lowest BCUT2D eigenvalue weighted by atomic mass is 10.2. The number of hydrogen-bond acceptors (Lipinski definition) is 2. The summed E-state index contributed by atoms with van der Waals surface area (Å²) in [6.45, 7) is 0.791. The highest BCUT2D eigenvalue weighted by molar-refractivity contribution is 9.10. The molecule has 2 aromatic rings. The average molecular weight is 327 g/mol. The van der Waals surface area contributed by atoms with Gasteiger partial charge in [-0.2, -0.15) is 0 Å². The zero-order valence-electron chi connectivity index (χ0n) is 9.66. The number of benzene rings is 2. The van der Waals surface area contributed by atoms with Crippen molar-refractivity contribution in [1.29, 1.82) is 0 Å². The van der Waals surface area contributed by atoms with Gasteiger partial charge in [0.05, 0.1) is 6.61 Å². The van der Waals surface area contributed by atoms with E-state index in [1.165, 1.54) is 0 Å². The van der Waals surface area contributed by atoms with Crippen LogP contribution >= 0.6 is 27.5 Å². The van der Waals surface area contributed by atoms with Crippen LogP contribution in [0, 0.1) is 0 Å². The van der Waals surface area contributed by atoms with Gasteiger partial charge < -0.3 is 10.4 Å². The Labute approximate surface area is 120 Å². The first kappa shape index (κ1) is 13.4. The molecule has 18 heavy (non-hydrogen) atoms. The maximum Gasteiger partial charge on any atom is 0.0681 e. The molecule has 0 unspecified atom stereocenters. The third-order valence-corrected chi connectivity index (χ3v) is 3.61. The van der Waals surface area contributed by atoms with Crippen LogP contribution in [0.5, 0.6) is 0 Å². The van der Waals surface area contributed by atoms with E-state index >= 15 is 0 Å². The number of rotatable bonds is 4. The summed E-state index contributed by atoms with van der Waals surface area (Å²) in [4.78, 5) is 0. The lowest BCUT2D eigenvalue weighted by Crippen LogP contribution is -2.00. The van der Waals surface area contributed by atoms with Crippen LogP contribution in [0.2, 0.25) is 5.02 Å². The summed E-state index contributed by atoms with van der Waals surface area (Å²) in [7, 11) is 0. The van der Waals surface area contributed by atoms with Crippen LogP contribution in [-0.2, 0) is 13.2 Å². The quantitative estimate of drug-likeness (QED) is 0.882. The molecule has 0 aliphatic heterocycles. The van der Waals surface area contributed by atoms with Crippen LogP contribution in [-0.4, -0.2) is 5.11 Å². The highest BCUT2D eigenvalue weighted by atomic mass is 79.9. The molecule has 0 aromatic heterocycles. The van der Waals surface area contributed by atoms with Crippen molar-refractivity contribution in [2.75, 3.05) is 5.32 Å². The number of aliphatic hydroxyl groups is 1. The van der Waals surface area contributed by atoms with Crippen molar-refractivity contribution in [3.05, 3.63) is 63.1 Å². The first-order valence-electron chi connectivity index (χ1n) is 5.56. The molecule has 4 heteroatoms. The third-order valence-electron chi connectivity index (χ3n) is 2.63. The van der Waals surface area contributed by atoms with Crippen LogP contribution in [0.15, 0.2) is 46.9 Å². The Balaban J connectivity index is 2.02. The second-order valence-electron chi connectivity index (χ2n) is 3.94. The third kappa shape index (κ3) is 3.48. The van der Waals surface area contributed by atoms with E-state index in [0.717, 1.165) is 32.9 Å². The molecule has 2 nitrogen and oxygen atoms in total. The van der Waals surface area contributed by atoms with Gasteiger partial charge in [-0.25, -0.2) is 0 Å². The molecule has 0 amide bonds. The summed E-state index contributed by atoms with van der Waals surface area (Å²) in [6.07, 6.45) is 0. The first-order chi connectivity index (χ1) is 8.69. The van der Waals surface area contributed by atoms with Gasteiger partial charge in [-0.15, -0.1) is 0 Å². The predicted octanol–water partition coefficient (Wildman–Crippen LogP) is 4.21. The monoisotopic (exact) mass is 325 g/mol. The fraction of sp³-hybridized carbons (Fsp3) is 0.143. The molecule has 2 N–H and O–H groups in total. The van der Waals surface area contributed by atoms with Gasteiger partial charge in [0, 0.05) is 21.7 Å². The molecule has 94 valence electrons.